The van der Waals surface area contributed by atoms with E-state index in [2.05, 4.69) is 34.0 Å². The van der Waals surface area contributed by atoms with Gasteiger partial charge in [-0.3, -0.25) is 14.9 Å². The topological polar surface area (TPSA) is 84.4 Å². The summed E-state index contributed by atoms with van der Waals surface area (Å²) in [5.74, 6) is 1.05. The molecule has 1 aromatic heterocycles. The summed E-state index contributed by atoms with van der Waals surface area (Å²) in [4.78, 5) is 33.8. The molecule has 8 heteroatoms. The number of aromatic nitrogens is 2. The van der Waals surface area contributed by atoms with Gasteiger partial charge < -0.3 is 9.64 Å². The number of nitrogens with zero attached hydrogens (tertiary/aromatic N) is 3. The van der Waals surface area contributed by atoms with E-state index in [0.29, 0.717) is 24.0 Å². The van der Waals surface area contributed by atoms with Crippen molar-refractivity contribution in [1.82, 2.24) is 15.3 Å². The molecule has 2 heterocycles. The maximum absolute atomic E-state index is 11.6. The van der Waals surface area contributed by atoms with E-state index in [-0.39, 0.29) is 17.2 Å². The van der Waals surface area contributed by atoms with Crippen molar-refractivity contribution in [3.63, 3.8) is 0 Å². The molecule has 1 aromatic carbocycles. The average molecular weight is 384 g/mol. The number of hydrogen-bond donors (Lipinski definition) is 1. The highest BCUT2D eigenvalue weighted by atomic mass is 32.2. The van der Waals surface area contributed by atoms with Crippen molar-refractivity contribution < 1.29 is 14.3 Å². The number of nitrogens with one attached hydrogen (secondary N) is 1. The molecular formula is C19H20N4O3S. The van der Waals surface area contributed by atoms with Crippen LogP contribution in [0.25, 0.3) is 6.08 Å². The van der Waals surface area contributed by atoms with Crippen LogP contribution in [0.4, 0.5) is 10.7 Å². The fourth-order valence-corrected chi connectivity index (χ4v) is 3.21. The van der Waals surface area contributed by atoms with Crippen LogP contribution in [-0.4, -0.2) is 40.3 Å². The first kappa shape index (κ1) is 18.9. The molecule has 0 atom stereocenters. The molecule has 3 rings (SSSR count). The van der Waals surface area contributed by atoms with Crippen LogP contribution in [0.5, 0.6) is 5.75 Å². The monoisotopic (exact) mass is 384 g/mol. The van der Waals surface area contributed by atoms with Gasteiger partial charge in [0.15, 0.2) is 0 Å². The lowest BCUT2D eigenvalue weighted by molar-refractivity contribution is -0.115. The summed E-state index contributed by atoms with van der Waals surface area (Å²) < 4.78 is 5.81. The van der Waals surface area contributed by atoms with E-state index in [1.807, 2.05) is 24.3 Å². The summed E-state index contributed by atoms with van der Waals surface area (Å²) in [7, 11) is 0. The second-order valence-electron chi connectivity index (χ2n) is 6.11. The van der Waals surface area contributed by atoms with E-state index in [1.165, 1.54) is 0 Å². The Hall–Kier alpha value is -2.87. The molecule has 1 aliphatic heterocycles. The second kappa shape index (κ2) is 8.68. The van der Waals surface area contributed by atoms with Crippen molar-refractivity contribution in [3.05, 3.63) is 53.2 Å². The van der Waals surface area contributed by atoms with Gasteiger partial charge in [0, 0.05) is 18.4 Å². The lowest BCUT2D eigenvalue weighted by atomic mass is 10.2. The van der Waals surface area contributed by atoms with Gasteiger partial charge in [-0.15, -0.1) is 0 Å². The zero-order valence-electron chi connectivity index (χ0n) is 15.1. The summed E-state index contributed by atoms with van der Waals surface area (Å²) in [5, 5.41) is 1.89. The molecule has 1 aliphatic rings. The summed E-state index contributed by atoms with van der Waals surface area (Å²) in [6.07, 6.45) is 5.13. The van der Waals surface area contributed by atoms with E-state index in [9.17, 15) is 9.59 Å². The first-order valence-corrected chi connectivity index (χ1v) is 9.36. The zero-order chi connectivity index (χ0) is 19.2. The quantitative estimate of drug-likeness (QED) is 0.734. The standard InChI is InChI=1S/C19H20N4O3S/c1-13(2)23(18-20-8-3-9-21-18)10-11-26-15-6-4-14(5-7-15)12-16-17(24)22-19(25)27-16/h3-9,12-13H,10-11H2,1-2H3,(H,22,24,25). The molecule has 0 bridgehead atoms. The van der Waals surface area contributed by atoms with Gasteiger partial charge in [-0.2, -0.15) is 0 Å². The lowest BCUT2D eigenvalue weighted by Crippen LogP contribution is -2.35. The summed E-state index contributed by atoms with van der Waals surface area (Å²) in [6, 6.07) is 9.41. The Labute approximate surface area is 161 Å². The Balaban J connectivity index is 1.56. The third kappa shape index (κ3) is 5.07. The van der Waals surface area contributed by atoms with E-state index >= 15 is 0 Å². The van der Waals surface area contributed by atoms with Crippen LogP contribution in [0.15, 0.2) is 47.6 Å². The predicted octanol–water partition coefficient (Wildman–Crippen LogP) is 3.09. The minimum atomic E-state index is -0.359. The highest BCUT2D eigenvalue weighted by Gasteiger charge is 2.24. The Morgan fingerprint density at radius 3 is 2.48 bits per heavy atom. The Morgan fingerprint density at radius 1 is 1.19 bits per heavy atom. The number of hydrogen-bond acceptors (Lipinski definition) is 7. The molecular weight excluding hydrogens is 364 g/mol. The van der Waals surface area contributed by atoms with Gasteiger partial charge in [0.2, 0.25) is 5.95 Å². The van der Waals surface area contributed by atoms with Crippen LogP contribution in [0.2, 0.25) is 0 Å². The van der Waals surface area contributed by atoms with E-state index in [1.54, 1.807) is 24.5 Å². The minimum Gasteiger partial charge on any atom is -0.492 e. The molecule has 2 amide bonds. The van der Waals surface area contributed by atoms with Crippen molar-refractivity contribution in [2.24, 2.45) is 0 Å². The maximum Gasteiger partial charge on any atom is 0.290 e. The normalized spacial score (nSPS) is 15.3. The number of imide groups is 1. The van der Waals surface area contributed by atoms with Crippen molar-refractivity contribution >= 4 is 34.9 Å². The number of ether oxygens (including phenoxy) is 1. The van der Waals surface area contributed by atoms with Gasteiger partial charge in [0.25, 0.3) is 11.1 Å². The SMILES string of the molecule is CC(C)N(CCOc1ccc(C=C2SC(=O)NC2=O)cc1)c1ncccn1. The number of carbonyl (C=O) groups excluding carboxylic acids is 2. The Morgan fingerprint density at radius 2 is 1.89 bits per heavy atom. The van der Waals surface area contributed by atoms with Gasteiger partial charge >= 0.3 is 0 Å². The molecule has 7 nitrogen and oxygen atoms in total. The van der Waals surface area contributed by atoms with Crippen molar-refractivity contribution in [1.29, 1.82) is 0 Å². The average Bonchev–Trinajstić information content (AvgIpc) is 2.97. The molecule has 1 N–H and O–H groups in total. The van der Waals surface area contributed by atoms with Crippen molar-refractivity contribution in [2.75, 3.05) is 18.1 Å². The largest absolute Gasteiger partial charge is 0.492 e. The van der Waals surface area contributed by atoms with Gasteiger partial charge in [-0.25, -0.2) is 9.97 Å². The smallest absolute Gasteiger partial charge is 0.290 e. The van der Waals surface area contributed by atoms with Crippen LogP contribution < -0.4 is 15.0 Å². The zero-order valence-corrected chi connectivity index (χ0v) is 15.9. The van der Waals surface area contributed by atoms with Crippen LogP contribution in [0.3, 0.4) is 0 Å². The van der Waals surface area contributed by atoms with Crippen LogP contribution in [0, 0.1) is 0 Å². The minimum absolute atomic E-state index is 0.253. The van der Waals surface area contributed by atoms with Crippen LogP contribution >= 0.6 is 11.8 Å². The molecule has 1 saturated heterocycles. The summed E-state index contributed by atoms with van der Waals surface area (Å²) in [6.45, 7) is 5.32. The van der Waals surface area contributed by atoms with Crippen molar-refractivity contribution in [2.45, 2.75) is 19.9 Å². The molecule has 0 radical (unpaired) electrons. The van der Waals surface area contributed by atoms with Gasteiger partial charge in [0.1, 0.15) is 12.4 Å². The molecule has 0 aliphatic carbocycles. The number of rotatable bonds is 7. The van der Waals surface area contributed by atoms with E-state index < -0.39 is 0 Å². The molecule has 27 heavy (non-hydrogen) atoms. The first-order chi connectivity index (χ1) is 13.0. The highest BCUT2D eigenvalue weighted by Crippen LogP contribution is 2.26. The van der Waals surface area contributed by atoms with Gasteiger partial charge in [-0.1, -0.05) is 12.1 Å². The number of amides is 2. The number of anilines is 1. The second-order valence-corrected chi connectivity index (χ2v) is 7.12. The fraction of sp³-hybridized carbons (Fsp3) is 0.263. The summed E-state index contributed by atoms with van der Waals surface area (Å²) >= 11 is 0.903. The molecule has 2 aromatic rings. The first-order valence-electron chi connectivity index (χ1n) is 8.54. The number of carbonyl (C=O) groups is 2. The van der Waals surface area contributed by atoms with Crippen molar-refractivity contribution in [3.8, 4) is 5.75 Å². The Bertz CT molecular complexity index is 838. The van der Waals surface area contributed by atoms with Gasteiger partial charge in [0.05, 0.1) is 11.4 Å². The molecule has 0 spiro atoms. The lowest BCUT2D eigenvalue weighted by Gasteiger charge is -2.26. The number of thioether (sulfide) groups is 1. The van der Waals surface area contributed by atoms with E-state index in [4.69, 9.17) is 4.74 Å². The molecule has 0 unspecified atom stereocenters. The predicted molar refractivity (Wildman–Crippen MR) is 106 cm³/mol. The maximum atomic E-state index is 11.6. The van der Waals surface area contributed by atoms with Crippen LogP contribution in [-0.2, 0) is 4.79 Å². The molecule has 140 valence electrons. The highest BCUT2D eigenvalue weighted by molar-refractivity contribution is 8.18. The third-order valence-electron chi connectivity index (χ3n) is 3.85. The van der Waals surface area contributed by atoms with Gasteiger partial charge in [-0.05, 0) is 55.4 Å². The summed E-state index contributed by atoms with van der Waals surface area (Å²) in [5.41, 5.74) is 0.830. The number of benzene rings is 1. The fourth-order valence-electron chi connectivity index (χ4n) is 2.52. The third-order valence-corrected chi connectivity index (χ3v) is 4.66. The molecule has 1 fully saturated rings. The Kier molecular flexibility index (Phi) is 6.08. The van der Waals surface area contributed by atoms with E-state index in [0.717, 1.165) is 23.1 Å². The molecule has 0 saturated carbocycles. The van der Waals surface area contributed by atoms with Crippen LogP contribution in [0.1, 0.15) is 19.4 Å².